The molecular formula is C17H18ClN3O3. The lowest BCUT2D eigenvalue weighted by Gasteiger charge is -2.34. The molecule has 0 saturated carbocycles. The van der Waals surface area contributed by atoms with Gasteiger partial charge in [0, 0.05) is 6.54 Å². The molecule has 0 unspecified atom stereocenters. The highest BCUT2D eigenvalue weighted by Crippen LogP contribution is 2.30. The quantitative estimate of drug-likeness (QED) is 0.924. The maximum atomic E-state index is 12.7. The first kappa shape index (κ1) is 16.5. The van der Waals surface area contributed by atoms with Crippen LogP contribution in [-0.4, -0.2) is 38.2 Å². The fraction of sp³-hybridized carbons (Fsp3) is 0.353. The molecule has 2 heterocycles. The van der Waals surface area contributed by atoms with E-state index < -0.39 is 12.0 Å². The molecule has 2 aromatic rings. The van der Waals surface area contributed by atoms with Crippen molar-refractivity contribution in [2.45, 2.75) is 32.9 Å². The van der Waals surface area contributed by atoms with Crippen molar-refractivity contribution < 1.29 is 14.7 Å². The Morgan fingerprint density at radius 1 is 1.33 bits per heavy atom. The molecule has 0 fully saturated rings. The number of halogens is 1. The minimum atomic E-state index is -1.03. The highest BCUT2D eigenvalue weighted by molar-refractivity contribution is 6.31. The zero-order chi connectivity index (χ0) is 17.4. The van der Waals surface area contributed by atoms with Gasteiger partial charge in [-0.3, -0.25) is 9.48 Å². The van der Waals surface area contributed by atoms with E-state index in [0.717, 1.165) is 5.56 Å². The highest BCUT2D eigenvalue weighted by atomic mass is 35.5. The van der Waals surface area contributed by atoms with Crippen LogP contribution in [0, 0.1) is 13.8 Å². The number of amides is 1. The number of carboxylic acid groups (broad SMARTS) is 1. The second-order valence-electron chi connectivity index (χ2n) is 5.92. The number of nitrogens with zero attached hydrogens (tertiary/aromatic N) is 3. The van der Waals surface area contributed by atoms with Crippen LogP contribution in [-0.2, 0) is 22.6 Å². The van der Waals surface area contributed by atoms with Crippen LogP contribution in [0.2, 0.25) is 5.02 Å². The number of benzene rings is 1. The van der Waals surface area contributed by atoms with Crippen LogP contribution in [0.5, 0.6) is 0 Å². The molecule has 0 bridgehead atoms. The van der Waals surface area contributed by atoms with Gasteiger partial charge in [-0.15, -0.1) is 0 Å². The minimum absolute atomic E-state index is 0.0225. The molecule has 24 heavy (non-hydrogen) atoms. The van der Waals surface area contributed by atoms with Crippen molar-refractivity contribution in [3.8, 4) is 0 Å². The molecule has 1 aliphatic heterocycles. The van der Waals surface area contributed by atoms with E-state index in [2.05, 4.69) is 5.10 Å². The Morgan fingerprint density at radius 2 is 2.04 bits per heavy atom. The minimum Gasteiger partial charge on any atom is -0.479 e. The first-order chi connectivity index (χ1) is 11.4. The summed E-state index contributed by atoms with van der Waals surface area (Å²) in [7, 11) is 0. The van der Waals surface area contributed by atoms with Crippen molar-refractivity contribution in [3.63, 3.8) is 0 Å². The molecule has 0 radical (unpaired) electrons. The van der Waals surface area contributed by atoms with Crippen LogP contribution in [0.15, 0.2) is 24.3 Å². The summed E-state index contributed by atoms with van der Waals surface area (Å²) < 4.78 is 1.53. The lowest BCUT2D eigenvalue weighted by Crippen LogP contribution is -2.45. The molecule has 3 rings (SSSR count). The molecule has 1 atom stereocenters. The summed E-state index contributed by atoms with van der Waals surface area (Å²) in [6, 6.07) is 6.40. The summed E-state index contributed by atoms with van der Waals surface area (Å²) in [6.45, 7) is 3.91. The molecule has 0 spiro atoms. The number of carbonyl (C=O) groups excluding carboxylic acids is 1. The van der Waals surface area contributed by atoms with Crippen molar-refractivity contribution in [1.29, 1.82) is 0 Å². The lowest BCUT2D eigenvalue weighted by atomic mass is 9.92. The van der Waals surface area contributed by atoms with E-state index >= 15 is 0 Å². The molecule has 1 N–H and O–H groups in total. The Kier molecular flexibility index (Phi) is 4.32. The average molecular weight is 348 g/mol. The molecule has 0 aliphatic carbocycles. The fourth-order valence-corrected chi connectivity index (χ4v) is 3.28. The maximum Gasteiger partial charge on any atom is 0.331 e. The Balaban J connectivity index is 1.89. The van der Waals surface area contributed by atoms with E-state index in [1.807, 2.05) is 12.1 Å². The lowest BCUT2D eigenvalue weighted by molar-refractivity contribution is -0.151. The fourth-order valence-electron chi connectivity index (χ4n) is 3.15. The number of aliphatic carboxylic acids is 1. The standard InChI is InChI=1S/C17H18ClN3O3/c1-10-15(18)11(2)21(19-10)9-14(22)20-8-7-12-5-3-4-6-13(12)16(20)17(23)24/h3-6,16H,7-9H2,1-2H3,(H,23,24)/t16-/m0/s1. The smallest absolute Gasteiger partial charge is 0.331 e. The highest BCUT2D eigenvalue weighted by Gasteiger charge is 2.35. The van der Waals surface area contributed by atoms with E-state index in [0.29, 0.717) is 34.9 Å². The van der Waals surface area contributed by atoms with E-state index in [1.54, 1.807) is 26.0 Å². The van der Waals surface area contributed by atoms with E-state index in [4.69, 9.17) is 11.6 Å². The number of carboxylic acids is 1. The number of carbonyl (C=O) groups is 2. The third-order valence-corrected chi connectivity index (χ3v) is 4.96. The van der Waals surface area contributed by atoms with E-state index in [1.165, 1.54) is 9.58 Å². The number of hydrogen-bond acceptors (Lipinski definition) is 3. The molecule has 7 heteroatoms. The summed E-state index contributed by atoms with van der Waals surface area (Å²) in [6.07, 6.45) is 0.642. The van der Waals surface area contributed by atoms with Crippen molar-refractivity contribution in [2.24, 2.45) is 0 Å². The summed E-state index contributed by atoms with van der Waals surface area (Å²) in [5.41, 5.74) is 3.01. The second-order valence-corrected chi connectivity index (χ2v) is 6.30. The van der Waals surface area contributed by atoms with E-state index in [-0.39, 0.29) is 12.5 Å². The Hall–Kier alpha value is -2.34. The van der Waals surface area contributed by atoms with Crippen molar-refractivity contribution >= 4 is 23.5 Å². The van der Waals surface area contributed by atoms with Crippen molar-refractivity contribution in [3.05, 3.63) is 51.8 Å². The predicted octanol–water partition coefficient (Wildman–Crippen LogP) is 2.36. The van der Waals surface area contributed by atoms with E-state index in [9.17, 15) is 14.7 Å². The van der Waals surface area contributed by atoms with Crippen molar-refractivity contribution in [2.75, 3.05) is 6.54 Å². The van der Waals surface area contributed by atoms with Gasteiger partial charge in [0.15, 0.2) is 6.04 Å². The third kappa shape index (κ3) is 2.78. The Bertz CT molecular complexity index is 815. The molecule has 0 saturated heterocycles. The maximum absolute atomic E-state index is 12.7. The summed E-state index contributed by atoms with van der Waals surface area (Å²) in [4.78, 5) is 25.9. The number of aromatic nitrogens is 2. The van der Waals surface area contributed by atoms with Crippen LogP contribution < -0.4 is 0 Å². The molecule has 126 valence electrons. The van der Waals surface area contributed by atoms with Crippen LogP contribution in [0.1, 0.15) is 28.6 Å². The van der Waals surface area contributed by atoms with Gasteiger partial charge < -0.3 is 10.0 Å². The Labute approximate surface area is 144 Å². The zero-order valence-corrected chi connectivity index (χ0v) is 14.2. The molecule has 1 aliphatic rings. The molecular weight excluding hydrogens is 330 g/mol. The average Bonchev–Trinajstić information content (AvgIpc) is 2.80. The predicted molar refractivity (Wildman–Crippen MR) is 88.9 cm³/mol. The van der Waals surface area contributed by atoms with Gasteiger partial charge in [-0.05, 0) is 31.4 Å². The molecule has 1 amide bonds. The molecule has 6 nitrogen and oxygen atoms in total. The molecule has 1 aromatic carbocycles. The number of aryl methyl sites for hydroxylation is 1. The summed E-state index contributed by atoms with van der Waals surface area (Å²) >= 11 is 6.11. The van der Waals surface area contributed by atoms with Gasteiger partial charge in [-0.25, -0.2) is 4.79 Å². The van der Waals surface area contributed by atoms with Gasteiger partial charge in [0.05, 0.1) is 16.4 Å². The third-order valence-electron chi connectivity index (χ3n) is 4.42. The first-order valence-corrected chi connectivity index (χ1v) is 8.07. The van der Waals surface area contributed by atoms with Crippen LogP contribution >= 0.6 is 11.6 Å². The van der Waals surface area contributed by atoms with Crippen LogP contribution in [0.25, 0.3) is 0 Å². The SMILES string of the molecule is Cc1nn(CC(=O)N2CCc3ccccc3[C@H]2C(=O)O)c(C)c1Cl. The number of rotatable bonds is 3. The van der Waals surface area contributed by atoms with Gasteiger partial charge in [0.2, 0.25) is 5.91 Å². The number of hydrogen-bond donors (Lipinski definition) is 1. The summed E-state index contributed by atoms with van der Waals surface area (Å²) in [5, 5.41) is 14.4. The van der Waals surface area contributed by atoms with Gasteiger partial charge in [0.1, 0.15) is 6.54 Å². The Morgan fingerprint density at radius 3 is 2.67 bits per heavy atom. The number of fused-ring (bicyclic) bond motifs is 1. The van der Waals surface area contributed by atoms with Crippen LogP contribution in [0.3, 0.4) is 0 Å². The first-order valence-electron chi connectivity index (χ1n) is 7.69. The topological polar surface area (TPSA) is 75.4 Å². The van der Waals surface area contributed by atoms with Gasteiger partial charge in [-0.1, -0.05) is 35.9 Å². The van der Waals surface area contributed by atoms with Crippen molar-refractivity contribution in [1.82, 2.24) is 14.7 Å². The monoisotopic (exact) mass is 347 g/mol. The largest absolute Gasteiger partial charge is 0.479 e. The van der Waals surface area contributed by atoms with Gasteiger partial charge >= 0.3 is 5.97 Å². The molecule has 1 aromatic heterocycles. The summed E-state index contributed by atoms with van der Waals surface area (Å²) in [5.74, 6) is -1.30. The second kappa shape index (κ2) is 6.28. The zero-order valence-electron chi connectivity index (χ0n) is 13.5. The van der Waals surface area contributed by atoms with Crippen LogP contribution in [0.4, 0.5) is 0 Å². The van der Waals surface area contributed by atoms with Gasteiger partial charge in [-0.2, -0.15) is 5.10 Å². The van der Waals surface area contributed by atoms with Gasteiger partial charge in [0.25, 0.3) is 0 Å². The normalized spacial score (nSPS) is 16.8.